The third-order valence-electron chi connectivity index (χ3n) is 2.24. The topological polar surface area (TPSA) is 26.3 Å². The number of nitrogens with zero attached hydrogens (tertiary/aromatic N) is 1. The fraction of sp³-hybridized carbons (Fsp3) is 1.00. The van der Waals surface area contributed by atoms with Crippen molar-refractivity contribution in [1.29, 1.82) is 0 Å². The molecule has 2 heteroatoms. The quantitative estimate of drug-likeness (QED) is 0.454. The van der Waals surface area contributed by atoms with Gasteiger partial charge in [0.2, 0.25) is 0 Å². The van der Waals surface area contributed by atoms with Crippen LogP contribution in [0.2, 0.25) is 0 Å². The summed E-state index contributed by atoms with van der Waals surface area (Å²) in [5, 5.41) is 12.0. The first-order valence-corrected chi connectivity index (χ1v) is 4.41. The van der Waals surface area contributed by atoms with Gasteiger partial charge >= 0.3 is 0 Å². The molecule has 0 aliphatic carbocycles. The fourth-order valence-electron chi connectivity index (χ4n) is 0.965. The molecule has 0 unspecified atom stereocenters. The fourth-order valence-corrected chi connectivity index (χ4v) is 0.965. The lowest BCUT2D eigenvalue weighted by atomic mass is 9.97. The van der Waals surface area contributed by atoms with Crippen LogP contribution in [0.15, 0.2) is 0 Å². The highest BCUT2D eigenvalue weighted by Gasteiger charge is 2.15. The first kappa shape index (κ1) is 10.9. The molecule has 0 radical (unpaired) electrons. The molecule has 0 aliphatic rings. The monoisotopic (exact) mass is 158 g/mol. The van der Waals surface area contributed by atoms with Gasteiger partial charge < -0.3 is 10.3 Å². The summed E-state index contributed by atoms with van der Waals surface area (Å²) in [5.41, 5.74) is -0.171. The van der Waals surface area contributed by atoms with Gasteiger partial charge in [0.05, 0.1) is 0 Å². The summed E-state index contributed by atoms with van der Waals surface area (Å²) in [6.45, 7) is 6.17. The van der Waals surface area contributed by atoms with Crippen molar-refractivity contribution in [2.75, 3.05) is 7.05 Å². The van der Waals surface area contributed by atoms with Gasteiger partial charge in [0.1, 0.15) is 0 Å². The van der Waals surface area contributed by atoms with Gasteiger partial charge in [-0.05, 0) is 27.3 Å². The Balaban J connectivity index is 3.55. The van der Waals surface area contributed by atoms with Crippen LogP contribution in [0.1, 0.15) is 46.5 Å². The van der Waals surface area contributed by atoms with Gasteiger partial charge in [-0.1, -0.05) is 26.2 Å². The number of hydrogen-bond acceptors (Lipinski definition) is 2. The summed E-state index contributed by atoms with van der Waals surface area (Å²) in [5.74, 6) is 0. The second-order valence-electron chi connectivity index (χ2n) is 3.77. The zero-order valence-electron chi connectivity index (χ0n) is 8.18. The summed E-state index contributed by atoms with van der Waals surface area (Å²) >= 11 is 0. The van der Waals surface area contributed by atoms with Gasteiger partial charge in [-0.3, -0.25) is 0 Å². The molecule has 0 N–H and O–H groups in total. The molecular formula is C9H20NO-. The number of hydroxylamine groups is 2. The maximum absolute atomic E-state index is 11.0. The highest BCUT2D eigenvalue weighted by Crippen LogP contribution is 2.19. The Hall–Kier alpha value is -0.0800. The predicted octanol–water partition coefficient (Wildman–Crippen LogP) is 2.77. The second kappa shape index (κ2) is 4.73. The molecular weight excluding hydrogens is 138 g/mol. The lowest BCUT2D eigenvalue weighted by molar-refractivity contribution is 0.204. The molecule has 0 heterocycles. The summed E-state index contributed by atoms with van der Waals surface area (Å²) < 4.78 is 0. The first-order valence-electron chi connectivity index (χ1n) is 4.41. The third kappa shape index (κ3) is 4.38. The highest BCUT2D eigenvalue weighted by atomic mass is 16.5. The number of rotatable bonds is 5. The normalized spacial score (nSPS) is 12.5. The van der Waals surface area contributed by atoms with Crippen LogP contribution in [0.3, 0.4) is 0 Å². The largest absolute Gasteiger partial charge is 0.785 e. The Morgan fingerprint density at radius 1 is 1.27 bits per heavy atom. The van der Waals surface area contributed by atoms with Crippen molar-refractivity contribution < 1.29 is 0 Å². The average Bonchev–Trinajstić information content (AvgIpc) is 1.88. The Labute approximate surface area is 70.2 Å². The molecule has 0 atom stereocenters. The minimum atomic E-state index is -0.171. The molecule has 0 aromatic carbocycles. The van der Waals surface area contributed by atoms with E-state index in [9.17, 15) is 5.21 Å². The minimum absolute atomic E-state index is 0.171. The molecule has 2 nitrogen and oxygen atoms in total. The van der Waals surface area contributed by atoms with Gasteiger partial charge in [0.25, 0.3) is 0 Å². The number of hydrogen-bond donors (Lipinski definition) is 0. The Bertz CT molecular complexity index is 99.7. The van der Waals surface area contributed by atoms with Crippen LogP contribution in [0, 0.1) is 5.21 Å². The Morgan fingerprint density at radius 2 is 1.82 bits per heavy atom. The molecule has 0 aromatic heterocycles. The lowest BCUT2D eigenvalue weighted by Gasteiger charge is -2.41. The summed E-state index contributed by atoms with van der Waals surface area (Å²) in [4.78, 5) is 0. The highest BCUT2D eigenvalue weighted by molar-refractivity contribution is 4.78. The zero-order valence-corrected chi connectivity index (χ0v) is 8.18. The van der Waals surface area contributed by atoms with Crippen molar-refractivity contribution in [3.8, 4) is 0 Å². The summed E-state index contributed by atoms with van der Waals surface area (Å²) in [6.07, 6.45) is 4.62. The number of unbranched alkanes of at least 4 members (excludes halogenated alkanes) is 2. The van der Waals surface area contributed by atoms with Gasteiger partial charge in [0, 0.05) is 5.54 Å². The van der Waals surface area contributed by atoms with E-state index in [1.165, 1.54) is 12.8 Å². The lowest BCUT2D eigenvalue weighted by Crippen LogP contribution is -2.36. The van der Waals surface area contributed by atoms with Crippen LogP contribution in [0.25, 0.3) is 0 Å². The van der Waals surface area contributed by atoms with E-state index in [0.717, 1.165) is 17.9 Å². The molecule has 0 bridgehead atoms. The molecule has 0 spiro atoms. The summed E-state index contributed by atoms with van der Waals surface area (Å²) in [6, 6.07) is 0. The molecule has 0 saturated carbocycles. The van der Waals surface area contributed by atoms with Crippen LogP contribution in [-0.4, -0.2) is 17.6 Å². The van der Waals surface area contributed by atoms with E-state index in [1.54, 1.807) is 7.05 Å². The van der Waals surface area contributed by atoms with Crippen molar-refractivity contribution in [2.24, 2.45) is 0 Å². The summed E-state index contributed by atoms with van der Waals surface area (Å²) in [7, 11) is 1.60. The maximum Gasteiger partial charge on any atom is 0.00309 e. The molecule has 11 heavy (non-hydrogen) atoms. The van der Waals surface area contributed by atoms with E-state index in [-0.39, 0.29) is 5.54 Å². The van der Waals surface area contributed by atoms with Gasteiger partial charge in [-0.15, -0.1) is 0 Å². The third-order valence-corrected chi connectivity index (χ3v) is 2.24. The van der Waals surface area contributed by atoms with Crippen molar-refractivity contribution in [1.82, 2.24) is 5.06 Å². The molecule has 0 saturated heterocycles. The van der Waals surface area contributed by atoms with Gasteiger partial charge in [0.15, 0.2) is 0 Å². The van der Waals surface area contributed by atoms with Crippen LogP contribution in [-0.2, 0) is 0 Å². The van der Waals surface area contributed by atoms with Crippen LogP contribution < -0.4 is 0 Å². The van der Waals surface area contributed by atoms with Gasteiger partial charge in [-0.25, -0.2) is 0 Å². The Morgan fingerprint density at radius 3 is 2.18 bits per heavy atom. The molecule has 0 fully saturated rings. The van der Waals surface area contributed by atoms with Crippen LogP contribution >= 0.6 is 0 Å². The van der Waals surface area contributed by atoms with Crippen molar-refractivity contribution in [3.63, 3.8) is 0 Å². The van der Waals surface area contributed by atoms with Crippen molar-refractivity contribution in [2.45, 2.75) is 52.0 Å². The average molecular weight is 158 g/mol. The van der Waals surface area contributed by atoms with E-state index in [2.05, 4.69) is 6.92 Å². The second-order valence-corrected chi connectivity index (χ2v) is 3.77. The SMILES string of the molecule is CCCCCC(C)(C)N(C)[O-]. The predicted molar refractivity (Wildman–Crippen MR) is 49.4 cm³/mol. The molecule has 0 aliphatic heterocycles. The molecule has 68 valence electrons. The van der Waals surface area contributed by atoms with Crippen molar-refractivity contribution >= 4 is 0 Å². The van der Waals surface area contributed by atoms with Crippen LogP contribution in [0.5, 0.6) is 0 Å². The molecule has 0 rings (SSSR count). The standard InChI is InChI=1S/C9H20NO/c1-5-6-7-8-9(2,3)10(4)11/h5-8H2,1-4H3/q-1. The zero-order chi connectivity index (χ0) is 8.91. The van der Waals surface area contributed by atoms with Crippen LogP contribution in [0.4, 0.5) is 0 Å². The van der Waals surface area contributed by atoms with E-state index in [4.69, 9.17) is 0 Å². The smallest absolute Gasteiger partial charge is 0.00309 e. The maximum atomic E-state index is 11.0. The van der Waals surface area contributed by atoms with E-state index >= 15 is 0 Å². The van der Waals surface area contributed by atoms with E-state index in [0.29, 0.717) is 0 Å². The first-order chi connectivity index (χ1) is 5.00. The van der Waals surface area contributed by atoms with Gasteiger partial charge in [-0.2, -0.15) is 0 Å². The van der Waals surface area contributed by atoms with Crippen molar-refractivity contribution in [3.05, 3.63) is 5.21 Å². The van der Waals surface area contributed by atoms with E-state index < -0.39 is 0 Å². The Kier molecular flexibility index (Phi) is 4.69. The molecule has 0 aromatic rings. The minimum Gasteiger partial charge on any atom is -0.785 e. The van der Waals surface area contributed by atoms with E-state index in [1.807, 2.05) is 13.8 Å². The molecule has 0 amide bonds.